The Morgan fingerprint density at radius 3 is 1.02 bits per heavy atom. The van der Waals surface area contributed by atoms with Crippen molar-refractivity contribution in [3.63, 3.8) is 0 Å². The Balaban J connectivity index is 0.000000139. The molecule has 0 fully saturated rings. The second-order valence-electron chi connectivity index (χ2n) is 8.78. The normalized spacial score (nSPS) is 9.90. The van der Waals surface area contributed by atoms with Crippen molar-refractivity contribution in [2.45, 2.75) is 0 Å². The van der Waals surface area contributed by atoms with E-state index in [1.807, 2.05) is 30.3 Å². The van der Waals surface area contributed by atoms with Crippen molar-refractivity contribution in [2.75, 3.05) is 0 Å². The first kappa shape index (κ1) is 28.8. The van der Waals surface area contributed by atoms with Gasteiger partial charge in [0.05, 0.1) is 0 Å². The van der Waals surface area contributed by atoms with Gasteiger partial charge >= 0.3 is 0 Å². The van der Waals surface area contributed by atoms with E-state index in [2.05, 4.69) is 121 Å². The van der Waals surface area contributed by atoms with Crippen LogP contribution in [0.3, 0.4) is 0 Å². The summed E-state index contributed by atoms with van der Waals surface area (Å²) in [6.45, 7) is 0. The number of benzene rings is 6. The highest BCUT2D eigenvalue weighted by Gasteiger charge is 2.04. The third-order valence-corrected chi connectivity index (χ3v) is 8.23. The molecule has 6 rings (SSSR count). The van der Waals surface area contributed by atoms with Crippen LogP contribution in [0.2, 0.25) is 0 Å². The summed E-state index contributed by atoms with van der Waals surface area (Å²) < 4.78 is 0. The van der Waals surface area contributed by atoms with Crippen molar-refractivity contribution >= 4 is 38.4 Å². The number of hydrogen-bond acceptors (Lipinski definition) is 2. The van der Waals surface area contributed by atoms with Gasteiger partial charge in [-0.15, -0.1) is 0 Å². The third-order valence-electron chi connectivity index (χ3n) is 5.74. The van der Waals surface area contributed by atoms with Crippen LogP contribution in [-0.2, 0) is 0 Å². The second-order valence-corrected chi connectivity index (χ2v) is 11.6. The highest BCUT2D eigenvalue weighted by Crippen LogP contribution is 2.31. The van der Waals surface area contributed by atoms with Gasteiger partial charge in [-0.3, -0.25) is 0 Å². The van der Waals surface area contributed by atoms with Gasteiger partial charge in [0.25, 0.3) is 0 Å². The summed E-state index contributed by atoms with van der Waals surface area (Å²) in [6.07, 6.45) is 0. The lowest BCUT2D eigenvalue weighted by Gasteiger charge is -2.04. The van der Waals surface area contributed by atoms with Gasteiger partial charge in [0, 0.05) is 5.56 Å². The fraction of sp³-hybridized carbons (Fsp3) is 0. The molecule has 0 aliphatic rings. The molecule has 0 atom stereocenters. The molecule has 0 saturated carbocycles. The first-order valence-electron chi connectivity index (χ1n) is 13.0. The van der Waals surface area contributed by atoms with Gasteiger partial charge in [-0.05, 0) is 45.0 Å². The lowest BCUT2D eigenvalue weighted by atomic mass is 10.0. The molecule has 40 heavy (non-hydrogen) atoms. The summed E-state index contributed by atoms with van der Waals surface area (Å²) in [4.78, 5) is 0. The molecule has 0 amide bonds. The summed E-state index contributed by atoms with van der Waals surface area (Å²) in [5, 5.41) is 24.5. The number of hydrogen-bond donors (Lipinski definition) is 2. The van der Waals surface area contributed by atoms with E-state index in [-0.39, 0.29) is 11.5 Å². The number of aromatic hydroxyl groups is 2. The highest BCUT2D eigenvalue weighted by atomic mass is 31.1. The predicted octanol–water partition coefficient (Wildman–Crippen LogP) is 7.40. The summed E-state index contributed by atoms with van der Waals surface area (Å²) in [6, 6.07) is 56.2. The quantitative estimate of drug-likeness (QED) is 0.171. The van der Waals surface area contributed by atoms with E-state index in [9.17, 15) is 10.2 Å². The Morgan fingerprint density at radius 1 is 0.350 bits per heavy atom. The van der Waals surface area contributed by atoms with Gasteiger partial charge in [-0.1, -0.05) is 169 Å². The highest BCUT2D eigenvalue weighted by molar-refractivity contribution is 7.55. The Bertz CT molecular complexity index is 1380. The first-order chi connectivity index (χ1) is 19.7. The molecule has 0 aliphatic carbocycles. The Labute approximate surface area is 240 Å². The molecule has 198 valence electrons. The molecule has 0 unspecified atom stereocenters. The molecule has 0 radical (unpaired) electrons. The fourth-order valence-corrected chi connectivity index (χ4v) is 5.90. The molecule has 6 aromatic carbocycles. The van der Waals surface area contributed by atoms with Crippen molar-refractivity contribution in [3.05, 3.63) is 170 Å². The van der Waals surface area contributed by atoms with Gasteiger partial charge < -0.3 is 10.2 Å². The van der Waals surface area contributed by atoms with E-state index in [0.717, 1.165) is 22.7 Å². The van der Waals surface area contributed by atoms with E-state index in [1.54, 1.807) is 6.07 Å². The predicted molar refractivity (Wildman–Crippen MR) is 176 cm³/mol. The maximum Gasteiger partial charge on any atom is 0.123 e. The summed E-state index contributed by atoms with van der Waals surface area (Å²) in [5.41, 5.74) is 1.53. The first-order valence-corrected chi connectivity index (χ1v) is 15.0. The van der Waals surface area contributed by atoms with Crippen LogP contribution in [-0.4, -0.2) is 10.2 Å². The zero-order valence-electron chi connectivity index (χ0n) is 22.1. The Kier molecular flexibility index (Phi) is 11.5. The molecule has 4 heteroatoms. The van der Waals surface area contributed by atoms with Crippen LogP contribution in [0.15, 0.2) is 170 Å². The van der Waals surface area contributed by atoms with E-state index in [1.165, 1.54) is 33.4 Å². The second kappa shape index (κ2) is 16.0. The van der Waals surface area contributed by atoms with Crippen molar-refractivity contribution in [2.24, 2.45) is 0 Å². The average molecular weight is 559 g/mol. The maximum absolute atomic E-state index is 9.58. The van der Waals surface area contributed by atoms with E-state index < -0.39 is 0 Å². The van der Waals surface area contributed by atoms with Crippen LogP contribution in [0.5, 0.6) is 11.5 Å². The largest absolute Gasteiger partial charge is 0.508 e. The summed E-state index contributed by atoms with van der Waals surface area (Å²) in [5.74, 6) is 0.329. The molecule has 0 aliphatic heterocycles. The van der Waals surface area contributed by atoms with Crippen LogP contribution >= 0.6 is 17.2 Å². The SMILES string of the molecule is Oc1ccc(O)c(-c2ccccc2)c1.c1ccc(Pc2ccccc2)cc1.c1ccc(Pc2ccccc2)cc1. The Hall–Kier alpha value is -4.22. The molecule has 0 aromatic heterocycles. The number of phenolic OH excluding ortho intramolecular Hbond substituents is 2. The van der Waals surface area contributed by atoms with Crippen molar-refractivity contribution in [1.29, 1.82) is 0 Å². The molecular formula is C36H32O2P2. The molecule has 2 nitrogen and oxygen atoms in total. The van der Waals surface area contributed by atoms with E-state index in [4.69, 9.17) is 0 Å². The summed E-state index contributed by atoms with van der Waals surface area (Å²) in [7, 11) is 1.55. The minimum Gasteiger partial charge on any atom is -0.508 e. The lowest BCUT2D eigenvalue weighted by molar-refractivity contribution is 0.462. The topological polar surface area (TPSA) is 40.5 Å². The molecule has 0 spiro atoms. The molecular weight excluding hydrogens is 526 g/mol. The van der Waals surface area contributed by atoms with E-state index in [0.29, 0.717) is 5.56 Å². The van der Waals surface area contributed by atoms with Crippen LogP contribution in [0.4, 0.5) is 0 Å². The third kappa shape index (κ3) is 9.83. The van der Waals surface area contributed by atoms with Crippen LogP contribution < -0.4 is 21.2 Å². The smallest absolute Gasteiger partial charge is 0.123 e. The maximum atomic E-state index is 9.58. The molecule has 6 aromatic rings. The van der Waals surface area contributed by atoms with Gasteiger partial charge in [-0.25, -0.2) is 0 Å². The van der Waals surface area contributed by atoms with Crippen molar-refractivity contribution in [3.8, 4) is 22.6 Å². The van der Waals surface area contributed by atoms with E-state index >= 15 is 0 Å². The minimum absolute atomic E-state index is 0.154. The van der Waals surface area contributed by atoms with Gasteiger partial charge in [0.2, 0.25) is 0 Å². The minimum atomic E-state index is 0.154. The molecule has 2 N–H and O–H groups in total. The number of phenols is 2. The monoisotopic (exact) mass is 558 g/mol. The zero-order chi connectivity index (χ0) is 27.8. The van der Waals surface area contributed by atoms with Gasteiger partial charge in [-0.2, -0.15) is 0 Å². The average Bonchev–Trinajstić information content (AvgIpc) is 3.02. The number of rotatable bonds is 5. The van der Waals surface area contributed by atoms with Crippen molar-refractivity contribution in [1.82, 2.24) is 0 Å². The zero-order valence-corrected chi connectivity index (χ0v) is 24.1. The lowest BCUT2D eigenvalue weighted by Crippen LogP contribution is -2.01. The van der Waals surface area contributed by atoms with Gasteiger partial charge in [0.1, 0.15) is 11.5 Å². The fourth-order valence-electron chi connectivity index (χ4n) is 3.79. The summed E-state index contributed by atoms with van der Waals surface area (Å²) >= 11 is 0. The van der Waals surface area contributed by atoms with Gasteiger partial charge in [0.15, 0.2) is 0 Å². The van der Waals surface area contributed by atoms with Crippen LogP contribution in [0.1, 0.15) is 0 Å². The Morgan fingerprint density at radius 2 is 0.675 bits per heavy atom. The standard InChI is InChI=1S/C12H10O2.2C12H11P/c13-10-6-7-12(14)11(8-10)9-4-2-1-3-5-9;2*1-3-7-11(8-4-1)13-12-9-5-2-6-10-12/h1-8,13-14H;2*1-10,13H. The van der Waals surface area contributed by atoms with Crippen LogP contribution in [0, 0.1) is 0 Å². The molecule has 0 bridgehead atoms. The molecule has 0 heterocycles. The van der Waals surface area contributed by atoms with Crippen molar-refractivity contribution < 1.29 is 10.2 Å². The molecule has 0 saturated heterocycles. The van der Waals surface area contributed by atoms with Crippen LogP contribution in [0.25, 0.3) is 11.1 Å².